The minimum atomic E-state index is 0.145. The minimum Gasteiger partial charge on any atom is -0.368 e. The average Bonchev–Trinajstić information content (AvgIpc) is 3.19. The molecular weight excluding hydrogens is 254 g/mol. The van der Waals surface area contributed by atoms with Gasteiger partial charge in [0.1, 0.15) is 6.61 Å². The van der Waals surface area contributed by atoms with Crippen LogP contribution in [0.3, 0.4) is 0 Å². The Labute approximate surface area is 119 Å². The molecule has 2 aliphatic rings. The molecule has 1 aromatic heterocycles. The molecule has 110 valence electrons. The van der Waals surface area contributed by atoms with Crippen LogP contribution in [-0.4, -0.2) is 45.9 Å². The van der Waals surface area contributed by atoms with E-state index in [2.05, 4.69) is 5.10 Å². The standard InChI is InChI=1S/C15H23N3O2/c19-15(12-20-14-6-1-2-7-14)18-10-3-5-13(18)11-17-9-4-8-16-17/h4,8-9,13-14H,1-3,5-7,10-12H2/t13-/m0/s1. The molecule has 20 heavy (non-hydrogen) atoms. The van der Waals surface area contributed by atoms with E-state index >= 15 is 0 Å². The number of rotatable bonds is 5. The highest BCUT2D eigenvalue weighted by atomic mass is 16.5. The first-order chi connectivity index (χ1) is 9.83. The lowest BCUT2D eigenvalue weighted by Gasteiger charge is -2.25. The first kappa shape index (κ1) is 13.6. The number of amides is 1. The zero-order chi connectivity index (χ0) is 13.8. The third-order valence-corrected chi connectivity index (χ3v) is 4.40. The van der Waals surface area contributed by atoms with Crippen molar-refractivity contribution in [2.45, 2.75) is 57.2 Å². The van der Waals surface area contributed by atoms with Crippen molar-refractivity contribution in [2.75, 3.05) is 13.2 Å². The lowest BCUT2D eigenvalue weighted by atomic mass is 10.2. The molecule has 1 aliphatic carbocycles. The highest BCUT2D eigenvalue weighted by Gasteiger charge is 2.29. The van der Waals surface area contributed by atoms with Gasteiger partial charge in [0.2, 0.25) is 5.91 Å². The maximum atomic E-state index is 12.3. The second kappa shape index (κ2) is 6.39. The molecule has 1 amide bonds. The number of carbonyl (C=O) groups is 1. The van der Waals surface area contributed by atoms with E-state index in [9.17, 15) is 4.79 Å². The molecule has 1 saturated carbocycles. The van der Waals surface area contributed by atoms with Gasteiger partial charge >= 0.3 is 0 Å². The lowest BCUT2D eigenvalue weighted by Crippen LogP contribution is -2.40. The molecule has 1 atom stereocenters. The Hall–Kier alpha value is -1.36. The van der Waals surface area contributed by atoms with Crippen LogP contribution in [-0.2, 0) is 16.1 Å². The highest BCUT2D eigenvalue weighted by molar-refractivity contribution is 5.78. The summed E-state index contributed by atoms with van der Waals surface area (Å²) in [7, 11) is 0. The molecule has 2 heterocycles. The van der Waals surface area contributed by atoms with Gasteiger partial charge in [0, 0.05) is 18.9 Å². The quantitative estimate of drug-likeness (QED) is 0.825. The van der Waals surface area contributed by atoms with Crippen molar-refractivity contribution in [3.8, 4) is 0 Å². The van der Waals surface area contributed by atoms with E-state index in [-0.39, 0.29) is 18.6 Å². The van der Waals surface area contributed by atoms with Crippen LogP contribution in [0.1, 0.15) is 38.5 Å². The van der Waals surface area contributed by atoms with Crippen LogP contribution >= 0.6 is 0 Å². The van der Waals surface area contributed by atoms with Crippen LogP contribution in [0.5, 0.6) is 0 Å². The van der Waals surface area contributed by atoms with Gasteiger partial charge in [-0.25, -0.2) is 0 Å². The summed E-state index contributed by atoms with van der Waals surface area (Å²) in [6.45, 7) is 1.90. The van der Waals surface area contributed by atoms with Crippen molar-refractivity contribution in [3.63, 3.8) is 0 Å². The Morgan fingerprint density at radius 2 is 2.10 bits per heavy atom. The second-order valence-corrected chi connectivity index (χ2v) is 5.83. The van der Waals surface area contributed by atoms with Gasteiger partial charge in [-0.05, 0) is 31.7 Å². The van der Waals surface area contributed by atoms with E-state index in [1.54, 1.807) is 6.20 Å². The normalized spacial score (nSPS) is 23.6. The Kier molecular flexibility index (Phi) is 4.35. The van der Waals surface area contributed by atoms with Crippen LogP contribution in [0.25, 0.3) is 0 Å². The monoisotopic (exact) mass is 277 g/mol. The molecule has 0 N–H and O–H groups in total. The van der Waals surface area contributed by atoms with E-state index < -0.39 is 0 Å². The Bertz CT molecular complexity index is 426. The first-order valence-electron chi connectivity index (χ1n) is 7.71. The smallest absolute Gasteiger partial charge is 0.248 e. The summed E-state index contributed by atoms with van der Waals surface area (Å²) in [5.41, 5.74) is 0. The van der Waals surface area contributed by atoms with Crippen molar-refractivity contribution >= 4 is 5.91 Å². The number of ether oxygens (including phenoxy) is 1. The molecule has 1 aromatic rings. The van der Waals surface area contributed by atoms with E-state index in [1.165, 1.54) is 12.8 Å². The fourth-order valence-electron chi connectivity index (χ4n) is 3.31. The summed E-state index contributed by atoms with van der Waals surface area (Å²) in [6, 6.07) is 2.19. The number of likely N-dealkylation sites (tertiary alicyclic amines) is 1. The molecule has 0 unspecified atom stereocenters. The molecule has 2 fully saturated rings. The Morgan fingerprint density at radius 3 is 2.85 bits per heavy atom. The van der Waals surface area contributed by atoms with Gasteiger partial charge in [-0.3, -0.25) is 9.48 Å². The minimum absolute atomic E-state index is 0.145. The number of nitrogens with zero attached hydrogens (tertiary/aromatic N) is 3. The van der Waals surface area contributed by atoms with Gasteiger partial charge in [0.05, 0.1) is 18.7 Å². The fraction of sp³-hybridized carbons (Fsp3) is 0.733. The average molecular weight is 277 g/mol. The lowest BCUT2D eigenvalue weighted by molar-refractivity contribution is -0.139. The molecule has 0 radical (unpaired) electrons. The summed E-state index contributed by atoms with van der Waals surface area (Å²) in [5.74, 6) is 0.145. The van der Waals surface area contributed by atoms with E-state index in [0.29, 0.717) is 6.10 Å². The first-order valence-corrected chi connectivity index (χ1v) is 7.71. The van der Waals surface area contributed by atoms with Gasteiger partial charge in [0.25, 0.3) is 0 Å². The molecule has 1 aliphatic heterocycles. The molecule has 5 heteroatoms. The Balaban J connectivity index is 1.50. The van der Waals surface area contributed by atoms with Crippen molar-refractivity contribution in [1.29, 1.82) is 0 Å². The van der Waals surface area contributed by atoms with Crippen LogP contribution in [0.15, 0.2) is 18.5 Å². The third kappa shape index (κ3) is 3.20. The van der Waals surface area contributed by atoms with Crippen molar-refractivity contribution < 1.29 is 9.53 Å². The molecular formula is C15H23N3O2. The van der Waals surface area contributed by atoms with Gasteiger partial charge < -0.3 is 9.64 Å². The van der Waals surface area contributed by atoms with Gasteiger partial charge in [-0.2, -0.15) is 5.10 Å². The number of aromatic nitrogens is 2. The fourth-order valence-corrected chi connectivity index (χ4v) is 3.31. The summed E-state index contributed by atoms with van der Waals surface area (Å²) < 4.78 is 7.66. The van der Waals surface area contributed by atoms with Crippen LogP contribution < -0.4 is 0 Å². The van der Waals surface area contributed by atoms with E-state index in [1.807, 2.05) is 21.8 Å². The highest BCUT2D eigenvalue weighted by Crippen LogP contribution is 2.22. The number of hydrogen-bond acceptors (Lipinski definition) is 3. The van der Waals surface area contributed by atoms with Crippen LogP contribution in [0.2, 0.25) is 0 Å². The predicted octanol–water partition coefficient (Wildman–Crippen LogP) is 1.83. The molecule has 5 nitrogen and oxygen atoms in total. The van der Waals surface area contributed by atoms with Gasteiger partial charge in [-0.15, -0.1) is 0 Å². The topological polar surface area (TPSA) is 47.4 Å². The molecule has 0 spiro atoms. The SMILES string of the molecule is O=C(COC1CCCC1)N1CCC[C@H]1Cn1cccn1. The third-order valence-electron chi connectivity index (χ3n) is 4.40. The maximum Gasteiger partial charge on any atom is 0.248 e. The van der Waals surface area contributed by atoms with Crippen molar-refractivity contribution in [3.05, 3.63) is 18.5 Å². The van der Waals surface area contributed by atoms with Crippen LogP contribution in [0, 0.1) is 0 Å². The largest absolute Gasteiger partial charge is 0.368 e. The maximum absolute atomic E-state index is 12.3. The number of hydrogen-bond donors (Lipinski definition) is 0. The van der Waals surface area contributed by atoms with E-state index in [4.69, 9.17) is 4.74 Å². The zero-order valence-electron chi connectivity index (χ0n) is 11.9. The molecule has 0 aromatic carbocycles. The summed E-state index contributed by atoms with van der Waals surface area (Å²) in [5, 5.41) is 4.23. The molecule has 0 bridgehead atoms. The predicted molar refractivity (Wildman–Crippen MR) is 75.2 cm³/mol. The number of carbonyl (C=O) groups excluding carboxylic acids is 1. The van der Waals surface area contributed by atoms with Crippen molar-refractivity contribution in [2.24, 2.45) is 0 Å². The summed E-state index contributed by atoms with van der Waals surface area (Å²) in [6.07, 6.45) is 10.9. The second-order valence-electron chi connectivity index (χ2n) is 5.83. The van der Waals surface area contributed by atoms with Crippen molar-refractivity contribution in [1.82, 2.24) is 14.7 Å². The van der Waals surface area contributed by atoms with Crippen LogP contribution in [0.4, 0.5) is 0 Å². The van der Waals surface area contributed by atoms with Gasteiger partial charge in [0.15, 0.2) is 0 Å². The summed E-state index contributed by atoms with van der Waals surface area (Å²) >= 11 is 0. The molecule has 1 saturated heterocycles. The Morgan fingerprint density at radius 1 is 1.25 bits per heavy atom. The molecule has 3 rings (SSSR count). The summed E-state index contributed by atoms with van der Waals surface area (Å²) in [4.78, 5) is 14.3. The van der Waals surface area contributed by atoms with Gasteiger partial charge in [-0.1, -0.05) is 12.8 Å². The zero-order valence-corrected chi connectivity index (χ0v) is 11.9. The van der Waals surface area contributed by atoms with E-state index in [0.717, 1.165) is 38.8 Å².